The summed E-state index contributed by atoms with van der Waals surface area (Å²) in [5.41, 5.74) is -0.493. The van der Waals surface area contributed by atoms with Crippen LogP contribution in [0.1, 0.15) is 46.1 Å². The van der Waals surface area contributed by atoms with E-state index in [9.17, 15) is 18.8 Å². The second-order valence-electron chi connectivity index (χ2n) is 8.64. The summed E-state index contributed by atoms with van der Waals surface area (Å²) in [4.78, 5) is 41.2. The number of rotatable bonds is 4. The second kappa shape index (κ2) is 6.37. The Balaban J connectivity index is 1.89. The lowest BCUT2D eigenvalue weighted by Crippen LogP contribution is -2.54. The molecule has 3 aliphatic heterocycles. The predicted molar refractivity (Wildman–Crippen MR) is 102 cm³/mol. The molecule has 0 aliphatic carbocycles. The van der Waals surface area contributed by atoms with Crippen molar-refractivity contribution >= 4 is 23.4 Å². The number of nitrogens with one attached hydrogen (secondary N) is 2. The van der Waals surface area contributed by atoms with Crippen molar-refractivity contribution in [2.24, 2.45) is 17.8 Å². The minimum atomic E-state index is -1.41. The quantitative estimate of drug-likeness (QED) is 0.778. The molecule has 3 heterocycles. The van der Waals surface area contributed by atoms with E-state index in [1.54, 1.807) is 0 Å². The van der Waals surface area contributed by atoms with Gasteiger partial charge in [0.05, 0.1) is 11.8 Å². The molecule has 5 atom stereocenters. The highest BCUT2D eigenvalue weighted by molar-refractivity contribution is 6.15. The molecule has 0 radical (unpaired) electrons. The van der Waals surface area contributed by atoms with Crippen molar-refractivity contribution in [2.75, 3.05) is 5.32 Å². The zero-order valence-corrected chi connectivity index (χ0v) is 16.6. The van der Waals surface area contributed by atoms with Gasteiger partial charge < -0.3 is 5.32 Å². The topological polar surface area (TPSA) is 78.5 Å². The smallest absolute Gasteiger partial charge is 0.250 e. The number of imide groups is 1. The van der Waals surface area contributed by atoms with Gasteiger partial charge in [0.2, 0.25) is 17.7 Å². The van der Waals surface area contributed by atoms with E-state index in [2.05, 4.69) is 10.6 Å². The predicted octanol–water partition coefficient (Wildman–Crippen LogP) is 2.39. The normalized spacial score (nSPS) is 32.3. The van der Waals surface area contributed by atoms with Gasteiger partial charge in [-0.3, -0.25) is 24.6 Å². The van der Waals surface area contributed by atoms with Crippen molar-refractivity contribution < 1.29 is 18.8 Å². The Labute approximate surface area is 163 Å². The highest BCUT2D eigenvalue weighted by Crippen LogP contribution is 2.54. The number of nitrogens with zero attached hydrogens (tertiary/aromatic N) is 1. The number of carbonyl (C=O) groups excluding carboxylic acids is 3. The molecule has 150 valence electrons. The Kier molecular flexibility index (Phi) is 4.34. The van der Waals surface area contributed by atoms with Crippen LogP contribution in [0.25, 0.3) is 0 Å². The van der Waals surface area contributed by atoms with Gasteiger partial charge in [0, 0.05) is 23.3 Å². The molecular formula is C21H26FN3O3. The fourth-order valence-electron chi connectivity index (χ4n) is 5.12. The van der Waals surface area contributed by atoms with Crippen LogP contribution in [0.4, 0.5) is 10.1 Å². The van der Waals surface area contributed by atoms with Crippen molar-refractivity contribution in [3.05, 3.63) is 29.6 Å². The first-order valence-electron chi connectivity index (χ1n) is 9.98. The Bertz CT molecular complexity index is 870. The SMILES string of the molecule is CC[C@H](C)N1C(=O)[C@H]2[C@@H](C1=O)[C@]1(N[C@@H]2CC(C)C)C(=O)Nc2ccc(F)cc21. The second-order valence-corrected chi connectivity index (χ2v) is 8.64. The molecule has 2 saturated heterocycles. The number of carbonyl (C=O) groups is 3. The van der Waals surface area contributed by atoms with E-state index in [-0.39, 0.29) is 35.7 Å². The van der Waals surface area contributed by atoms with Crippen molar-refractivity contribution in [1.82, 2.24) is 10.2 Å². The number of hydrogen-bond donors (Lipinski definition) is 2. The molecule has 28 heavy (non-hydrogen) atoms. The molecule has 4 rings (SSSR count). The highest BCUT2D eigenvalue weighted by atomic mass is 19.1. The number of anilines is 1. The van der Waals surface area contributed by atoms with Gasteiger partial charge in [0.1, 0.15) is 11.4 Å². The number of likely N-dealkylation sites (tertiary alicyclic amines) is 1. The highest BCUT2D eigenvalue weighted by Gasteiger charge is 2.70. The molecule has 0 unspecified atom stereocenters. The van der Waals surface area contributed by atoms with Crippen LogP contribution in [0.5, 0.6) is 0 Å². The van der Waals surface area contributed by atoms with Crippen LogP contribution >= 0.6 is 0 Å². The van der Waals surface area contributed by atoms with Crippen LogP contribution in [-0.4, -0.2) is 34.7 Å². The molecular weight excluding hydrogens is 361 g/mol. The zero-order chi connectivity index (χ0) is 20.4. The summed E-state index contributed by atoms with van der Waals surface area (Å²) in [5, 5.41) is 6.11. The van der Waals surface area contributed by atoms with E-state index in [1.165, 1.54) is 23.1 Å². The summed E-state index contributed by atoms with van der Waals surface area (Å²) in [5.74, 6) is -2.64. The molecule has 0 saturated carbocycles. The average molecular weight is 387 g/mol. The third kappa shape index (κ3) is 2.38. The summed E-state index contributed by atoms with van der Waals surface area (Å²) in [6, 6.07) is 3.54. The monoisotopic (exact) mass is 387 g/mol. The van der Waals surface area contributed by atoms with E-state index in [0.717, 1.165) is 0 Å². The van der Waals surface area contributed by atoms with E-state index in [0.29, 0.717) is 24.1 Å². The molecule has 2 N–H and O–H groups in total. The number of fused-ring (bicyclic) bond motifs is 4. The molecule has 3 amide bonds. The Hall–Kier alpha value is -2.28. The van der Waals surface area contributed by atoms with Gasteiger partial charge in [-0.15, -0.1) is 0 Å². The maximum Gasteiger partial charge on any atom is 0.250 e. The van der Waals surface area contributed by atoms with E-state index in [4.69, 9.17) is 0 Å². The van der Waals surface area contributed by atoms with Crippen LogP contribution in [0.3, 0.4) is 0 Å². The molecule has 3 aliphatic rings. The fourth-order valence-corrected chi connectivity index (χ4v) is 5.12. The maximum absolute atomic E-state index is 14.1. The molecule has 1 aromatic carbocycles. The summed E-state index contributed by atoms with van der Waals surface area (Å²) in [6.07, 6.45) is 1.29. The summed E-state index contributed by atoms with van der Waals surface area (Å²) >= 11 is 0. The first kappa shape index (κ1) is 19.1. The number of amides is 3. The van der Waals surface area contributed by atoms with Crippen molar-refractivity contribution in [1.29, 1.82) is 0 Å². The first-order valence-corrected chi connectivity index (χ1v) is 9.98. The summed E-state index contributed by atoms with van der Waals surface area (Å²) in [6.45, 7) is 7.85. The summed E-state index contributed by atoms with van der Waals surface area (Å²) < 4.78 is 14.1. The minimum Gasteiger partial charge on any atom is -0.324 e. The van der Waals surface area contributed by atoms with Gasteiger partial charge >= 0.3 is 0 Å². The molecule has 0 aromatic heterocycles. The van der Waals surface area contributed by atoms with Gasteiger partial charge in [-0.05, 0) is 43.9 Å². The van der Waals surface area contributed by atoms with Crippen LogP contribution in [0.15, 0.2) is 18.2 Å². The Morgan fingerprint density at radius 2 is 1.89 bits per heavy atom. The third-order valence-electron chi connectivity index (χ3n) is 6.47. The Morgan fingerprint density at radius 3 is 2.54 bits per heavy atom. The van der Waals surface area contributed by atoms with Crippen molar-refractivity contribution in [3.8, 4) is 0 Å². The van der Waals surface area contributed by atoms with Gasteiger partial charge in [-0.2, -0.15) is 0 Å². The molecule has 1 aromatic rings. The van der Waals surface area contributed by atoms with Crippen molar-refractivity contribution in [3.63, 3.8) is 0 Å². The molecule has 0 bridgehead atoms. The van der Waals surface area contributed by atoms with Crippen LogP contribution in [0, 0.1) is 23.6 Å². The van der Waals surface area contributed by atoms with E-state index >= 15 is 0 Å². The number of halogens is 1. The first-order chi connectivity index (χ1) is 13.2. The van der Waals surface area contributed by atoms with E-state index < -0.39 is 23.2 Å². The van der Waals surface area contributed by atoms with Gasteiger partial charge in [0.25, 0.3) is 0 Å². The fraction of sp³-hybridized carbons (Fsp3) is 0.571. The lowest BCUT2D eigenvalue weighted by molar-refractivity contribution is -0.145. The van der Waals surface area contributed by atoms with Crippen molar-refractivity contribution in [2.45, 2.75) is 58.2 Å². The minimum absolute atomic E-state index is 0.225. The lowest BCUT2D eigenvalue weighted by Gasteiger charge is -2.31. The van der Waals surface area contributed by atoms with E-state index in [1.807, 2.05) is 27.7 Å². The Morgan fingerprint density at radius 1 is 1.18 bits per heavy atom. The van der Waals surface area contributed by atoms with Gasteiger partial charge in [-0.25, -0.2) is 4.39 Å². The molecule has 1 spiro atoms. The maximum atomic E-state index is 14.1. The molecule has 2 fully saturated rings. The molecule has 6 nitrogen and oxygen atoms in total. The van der Waals surface area contributed by atoms with Crippen LogP contribution in [-0.2, 0) is 19.9 Å². The van der Waals surface area contributed by atoms with Crippen LogP contribution in [0.2, 0.25) is 0 Å². The largest absolute Gasteiger partial charge is 0.324 e. The average Bonchev–Trinajstić information content (AvgIpc) is 3.20. The summed E-state index contributed by atoms with van der Waals surface area (Å²) in [7, 11) is 0. The lowest BCUT2D eigenvalue weighted by atomic mass is 9.76. The molecule has 7 heteroatoms. The van der Waals surface area contributed by atoms with Gasteiger partial charge in [-0.1, -0.05) is 20.8 Å². The number of hydrogen-bond acceptors (Lipinski definition) is 4. The third-order valence-corrected chi connectivity index (χ3v) is 6.47. The van der Waals surface area contributed by atoms with Crippen LogP contribution < -0.4 is 10.6 Å². The number of benzene rings is 1. The standard InChI is InChI=1S/C21H26FN3O3/c1-5-11(4)25-18(26)16-15(8-10(2)3)24-21(17(16)19(25)27)13-9-12(22)6-7-14(13)23-20(21)28/h6-7,9-11,15-17,24H,5,8H2,1-4H3,(H,23,28)/t11-,15+,16+,17-,21-/m0/s1. The zero-order valence-electron chi connectivity index (χ0n) is 16.6. The van der Waals surface area contributed by atoms with Gasteiger partial charge in [0.15, 0.2) is 0 Å².